The standard InChI is InChI=1S/C25H28N4O.ClH/c30-25-23-10-4-2-6-20(23)8-5-13-29(25)19-16-27-14-17-28(18-15-27)24-22-9-3-1-7-21(22)11-12-26-24;/h1-4,6-7,9-12H,5,8,13-19H2;1H. The van der Waals surface area contributed by atoms with Crippen LogP contribution in [0.1, 0.15) is 22.3 Å². The Bertz CT molecular complexity index is 1040. The van der Waals surface area contributed by atoms with E-state index < -0.39 is 0 Å². The number of pyridine rings is 1. The summed E-state index contributed by atoms with van der Waals surface area (Å²) in [4.78, 5) is 24.6. The van der Waals surface area contributed by atoms with Gasteiger partial charge in [-0.15, -0.1) is 12.4 Å². The van der Waals surface area contributed by atoms with Gasteiger partial charge in [-0.25, -0.2) is 4.98 Å². The lowest BCUT2D eigenvalue weighted by Crippen LogP contribution is -2.49. The fourth-order valence-electron chi connectivity index (χ4n) is 4.69. The number of halogens is 1. The lowest BCUT2D eigenvalue weighted by atomic mass is 10.0. The molecular weight excluding hydrogens is 408 g/mol. The summed E-state index contributed by atoms with van der Waals surface area (Å²) in [5, 5.41) is 2.46. The van der Waals surface area contributed by atoms with E-state index in [4.69, 9.17) is 0 Å². The zero-order valence-corrected chi connectivity index (χ0v) is 18.6. The SMILES string of the molecule is Cl.O=C1c2ccccc2CCCN1CCN1CCN(c2nccc3ccccc23)CC1. The maximum absolute atomic E-state index is 13.0. The Kier molecular flexibility index (Phi) is 6.73. The quantitative estimate of drug-likeness (QED) is 0.622. The molecule has 2 aliphatic heterocycles. The third-order valence-corrected chi connectivity index (χ3v) is 6.42. The number of carbonyl (C=O) groups is 1. The van der Waals surface area contributed by atoms with Gasteiger partial charge in [-0.1, -0.05) is 42.5 Å². The van der Waals surface area contributed by atoms with Crippen molar-refractivity contribution in [2.75, 3.05) is 50.7 Å². The number of hydrogen-bond acceptors (Lipinski definition) is 4. The molecule has 3 aromatic rings. The number of aromatic nitrogens is 1. The first-order valence-electron chi connectivity index (χ1n) is 11.0. The Hall–Kier alpha value is -2.63. The minimum atomic E-state index is 0. The molecule has 0 radical (unpaired) electrons. The van der Waals surface area contributed by atoms with Crippen LogP contribution in [0.4, 0.5) is 5.82 Å². The number of amides is 1. The third-order valence-electron chi connectivity index (χ3n) is 6.42. The number of anilines is 1. The summed E-state index contributed by atoms with van der Waals surface area (Å²) in [5.74, 6) is 1.29. The minimum Gasteiger partial charge on any atom is -0.354 e. The first-order chi connectivity index (χ1) is 14.8. The predicted octanol–water partition coefficient (Wildman–Crippen LogP) is 3.87. The van der Waals surface area contributed by atoms with Crippen molar-refractivity contribution in [1.29, 1.82) is 0 Å². The summed E-state index contributed by atoms with van der Waals surface area (Å²) in [5.41, 5.74) is 2.09. The van der Waals surface area contributed by atoms with E-state index in [1.807, 2.05) is 29.3 Å². The van der Waals surface area contributed by atoms with Crippen LogP contribution in [0.5, 0.6) is 0 Å². The minimum absolute atomic E-state index is 0. The van der Waals surface area contributed by atoms with Crippen LogP contribution >= 0.6 is 12.4 Å². The molecule has 0 unspecified atom stereocenters. The van der Waals surface area contributed by atoms with E-state index in [0.29, 0.717) is 0 Å². The molecule has 0 bridgehead atoms. The third kappa shape index (κ3) is 4.53. The second-order valence-corrected chi connectivity index (χ2v) is 8.24. The summed E-state index contributed by atoms with van der Waals surface area (Å²) in [7, 11) is 0. The van der Waals surface area contributed by atoms with Crippen LogP contribution in [-0.2, 0) is 6.42 Å². The van der Waals surface area contributed by atoms with Gasteiger partial charge in [-0.2, -0.15) is 0 Å². The Labute approximate surface area is 190 Å². The number of piperazine rings is 1. The molecule has 2 aromatic carbocycles. The molecule has 0 aliphatic carbocycles. The second-order valence-electron chi connectivity index (χ2n) is 8.24. The van der Waals surface area contributed by atoms with Crippen LogP contribution in [0.2, 0.25) is 0 Å². The highest BCUT2D eigenvalue weighted by molar-refractivity contribution is 5.96. The first-order valence-corrected chi connectivity index (χ1v) is 11.0. The van der Waals surface area contributed by atoms with Crippen molar-refractivity contribution in [2.24, 2.45) is 0 Å². The second kappa shape index (κ2) is 9.67. The molecule has 1 aromatic heterocycles. The number of hydrogen-bond donors (Lipinski definition) is 0. The van der Waals surface area contributed by atoms with Crippen molar-refractivity contribution in [1.82, 2.24) is 14.8 Å². The highest BCUT2D eigenvalue weighted by atomic mass is 35.5. The first kappa shape index (κ1) is 21.6. The molecule has 6 heteroatoms. The van der Waals surface area contributed by atoms with E-state index in [2.05, 4.69) is 51.2 Å². The van der Waals surface area contributed by atoms with E-state index >= 15 is 0 Å². The van der Waals surface area contributed by atoms with Crippen molar-refractivity contribution in [3.05, 3.63) is 71.9 Å². The molecule has 0 atom stereocenters. The largest absolute Gasteiger partial charge is 0.354 e. The Morgan fingerprint density at radius 3 is 2.48 bits per heavy atom. The summed E-state index contributed by atoms with van der Waals surface area (Å²) in [6.45, 7) is 6.54. The van der Waals surface area contributed by atoms with Gasteiger partial charge in [-0.3, -0.25) is 9.69 Å². The number of fused-ring (bicyclic) bond motifs is 2. The molecular formula is C25H29ClN4O. The van der Waals surface area contributed by atoms with Crippen LogP contribution in [0.3, 0.4) is 0 Å². The average molecular weight is 437 g/mol. The summed E-state index contributed by atoms with van der Waals surface area (Å²) < 4.78 is 0. The number of benzene rings is 2. The number of carbonyl (C=O) groups excluding carboxylic acids is 1. The highest BCUT2D eigenvalue weighted by Gasteiger charge is 2.24. The molecule has 0 spiro atoms. The molecule has 5 rings (SSSR count). The van der Waals surface area contributed by atoms with Crippen molar-refractivity contribution >= 4 is 34.9 Å². The normalized spacial score (nSPS) is 17.2. The predicted molar refractivity (Wildman–Crippen MR) is 128 cm³/mol. The van der Waals surface area contributed by atoms with Gasteiger partial charge in [0, 0.05) is 63.0 Å². The van der Waals surface area contributed by atoms with Gasteiger partial charge in [0.2, 0.25) is 0 Å². The molecule has 162 valence electrons. The van der Waals surface area contributed by atoms with E-state index in [0.717, 1.165) is 70.0 Å². The molecule has 0 saturated carbocycles. The summed E-state index contributed by atoms with van der Waals surface area (Å²) in [6.07, 6.45) is 3.95. The van der Waals surface area contributed by atoms with Gasteiger partial charge in [-0.05, 0) is 35.9 Å². The molecule has 3 heterocycles. The van der Waals surface area contributed by atoms with Crippen LogP contribution in [0.15, 0.2) is 60.8 Å². The number of aryl methyl sites for hydroxylation is 1. The lowest BCUT2D eigenvalue weighted by Gasteiger charge is -2.36. The van der Waals surface area contributed by atoms with Gasteiger partial charge >= 0.3 is 0 Å². The van der Waals surface area contributed by atoms with Crippen molar-refractivity contribution < 1.29 is 4.79 Å². The van der Waals surface area contributed by atoms with Crippen LogP contribution in [-0.4, -0.2) is 66.5 Å². The summed E-state index contributed by atoms with van der Waals surface area (Å²) >= 11 is 0. The van der Waals surface area contributed by atoms with E-state index in [9.17, 15) is 4.79 Å². The fourth-order valence-corrected chi connectivity index (χ4v) is 4.69. The fraction of sp³-hybridized carbons (Fsp3) is 0.360. The highest BCUT2D eigenvalue weighted by Crippen LogP contribution is 2.25. The Morgan fingerprint density at radius 1 is 0.839 bits per heavy atom. The van der Waals surface area contributed by atoms with Gasteiger partial charge in [0.15, 0.2) is 0 Å². The smallest absolute Gasteiger partial charge is 0.254 e. The molecule has 0 N–H and O–H groups in total. The van der Waals surface area contributed by atoms with Gasteiger partial charge in [0.25, 0.3) is 5.91 Å². The number of nitrogens with zero attached hydrogens (tertiary/aromatic N) is 4. The van der Waals surface area contributed by atoms with Crippen molar-refractivity contribution in [3.8, 4) is 0 Å². The van der Waals surface area contributed by atoms with Crippen LogP contribution in [0, 0.1) is 0 Å². The molecule has 31 heavy (non-hydrogen) atoms. The lowest BCUT2D eigenvalue weighted by molar-refractivity contribution is 0.0739. The van der Waals surface area contributed by atoms with Gasteiger partial charge < -0.3 is 9.80 Å². The topological polar surface area (TPSA) is 39.7 Å². The molecule has 2 aliphatic rings. The van der Waals surface area contributed by atoms with Gasteiger partial charge in [0.05, 0.1) is 0 Å². The molecule has 5 nitrogen and oxygen atoms in total. The van der Waals surface area contributed by atoms with E-state index in [1.54, 1.807) is 0 Å². The monoisotopic (exact) mass is 436 g/mol. The average Bonchev–Trinajstić information content (AvgIpc) is 2.96. The Balaban J connectivity index is 0.00000231. The maximum Gasteiger partial charge on any atom is 0.254 e. The molecule has 1 saturated heterocycles. The number of rotatable bonds is 4. The summed E-state index contributed by atoms with van der Waals surface area (Å²) in [6, 6.07) is 18.6. The van der Waals surface area contributed by atoms with Gasteiger partial charge in [0.1, 0.15) is 5.82 Å². The van der Waals surface area contributed by atoms with Crippen molar-refractivity contribution in [3.63, 3.8) is 0 Å². The van der Waals surface area contributed by atoms with Crippen molar-refractivity contribution in [2.45, 2.75) is 12.8 Å². The van der Waals surface area contributed by atoms with Crippen LogP contribution < -0.4 is 4.90 Å². The Morgan fingerprint density at radius 2 is 1.61 bits per heavy atom. The zero-order valence-electron chi connectivity index (χ0n) is 17.7. The van der Waals surface area contributed by atoms with E-state index in [-0.39, 0.29) is 18.3 Å². The molecule has 1 amide bonds. The molecule has 1 fully saturated rings. The zero-order chi connectivity index (χ0) is 20.3. The maximum atomic E-state index is 13.0. The van der Waals surface area contributed by atoms with Crippen LogP contribution in [0.25, 0.3) is 10.8 Å². The van der Waals surface area contributed by atoms with E-state index in [1.165, 1.54) is 16.3 Å².